The molecule has 0 saturated heterocycles. The number of carbonyl (C=O) groups is 1. The van der Waals surface area contributed by atoms with Crippen molar-refractivity contribution in [1.82, 2.24) is 5.43 Å². The number of aryl methyl sites for hydroxylation is 1. The van der Waals surface area contributed by atoms with Gasteiger partial charge in [-0.2, -0.15) is 0 Å². The van der Waals surface area contributed by atoms with E-state index in [2.05, 4.69) is 21.4 Å². The lowest BCUT2D eigenvalue weighted by Crippen LogP contribution is -2.30. The topological polar surface area (TPSA) is 68.3 Å². The number of hydrogen-bond acceptors (Lipinski definition) is 4. The molecule has 2 rings (SSSR count). The van der Waals surface area contributed by atoms with Crippen LogP contribution in [-0.2, 0) is 5.75 Å². The summed E-state index contributed by atoms with van der Waals surface area (Å²) in [6.07, 6.45) is 0. The van der Waals surface area contributed by atoms with E-state index < -0.39 is 0 Å². The maximum absolute atomic E-state index is 11.5. The second-order valence-corrected chi connectivity index (χ2v) is 5.87. The molecule has 2 aromatic rings. The first-order valence-electron chi connectivity index (χ1n) is 5.59. The van der Waals surface area contributed by atoms with Crippen LogP contribution >= 0.6 is 27.7 Å². The van der Waals surface area contributed by atoms with E-state index in [1.807, 2.05) is 24.3 Å². The lowest BCUT2D eigenvalue weighted by molar-refractivity contribution is 0.0952. The third-order valence-corrected chi connectivity index (χ3v) is 4.03. The quantitative estimate of drug-likeness (QED) is 0.388. The average Bonchev–Trinajstić information content (AvgIpc) is 2.77. The summed E-state index contributed by atoms with van der Waals surface area (Å²) in [6.45, 7) is 1.75. The first-order valence-corrected chi connectivity index (χ1v) is 7.36. The number of hydrogen-bond donors (Lipinski definition) is 2. The van der Waals surface area contributed by atoms with Gasteiger partial charge in [-0.1, -0.05) is 22.0 Å². The number of halogens is 1. The molecule has 1 heterocycles. The lowest BCUT2D eigenvalue weighted by Gasteiger charge is -1.99. The summed E-state index contributed by atoms with van der Waals surface area (Å²) < 4.78 is 6.58. The van der Waals surface area contributed by atoms with Gasteiger partial charge in [0.15, 0.2) is 0 Å². The molecule has 0 fully saturated rings. The number of hydrazine groups is 1. The fourth-order valence-electron chi connectivity index (χ4n) is 1.63. The van der Waals surface area contributed by atoms with Crippen molar-refractivity contribution in [2.24, 2.45) is 5.84 Å². The second kappa shape index (κ2) is 6.27. The van der Waals surface area contributed by atoms with Gasteiger partial charge in [0.2, 0.25) is 0 Å². The molecule has 4 nitrogen and oxygen atoms in total. The zero-order valence-electron chi connectivity index (χ0n) is 10.3. The van der Waals surface area contributed by atoms with Gasteiger partial charge in [0.1, 0.15) is 11.5 Å². The van der Waals surface area contributed by atoms with Crippen molar-refractivity contribution in [3.8, 4) is 0 Å². The van der Waals surface area contributed by atoms with Crippen LogP contribution in [0.2, 0.25) is 0 Å². The lowest BCUT2D eigenvalue weighted by atomic mass is 10.2. The fourth-order valence-corrected chi connectivity index (χ4v) is 3.02. The van der Waals surface area contributed by atoms with Crippen LogP contribution in [0.3, 0.4) is 0 Å². The molecule has 3 N–H and O–H groups in total. The van der Waals surface area contributed by atoms with Crippen LogP contribution in [0.15, 0.2) is 44.1 Å². The predicted molar refractivity (Wildman–Crippen MR) is 78.8 cm³/mol. The van der Waals surface area contributed by atoms with E-state index in [0.717, 1.165) is 15.1 Å². The second-order valence-electron chi connectivity index (χ2n) is 3.90. The highest BCUT2D eigenvalue weighted by Gasteiger charge is 2.13. The Balaban J connectivity index is 2.06. The van der Waals surface area contributed by atoms with Gasteiger partial charge in [0, 0.05) is 9.37 Å². The van der Waals surface area contributed by atoms with E-state index in [1.54, 1.807) is 24.8 Å². The van der Waals surface area contributed by atoms with Gasteiger partial charge in [0.25, 0.3) is 5.91 Å². The van der Waals surface area contributed by atoms with Crippen LogP contribution in [0.25, 0.3) is 0 Å². The predicted octanol–water partition coefficient (Wildman–Crippen LogP) is 3.25. The number of nitrogen functional groups attached to an aromatic ring is 1. The molecule has 0 aliphatic carbocycles. The van der Waals surface area contributed by atoms with Crippen molar-refractivity contribution in [2.75, 3.05) is 0 Å². The Labute approximate surface area is 123 Å². The van der Waals surface area contributed by atoms with E-state index >= 15 is 0 Å². The monoisotopic (exact) mass is 340 g/mol. The molecule has 0 aliphatic rings. The van der Waals surface area contributed by atoms with Crippen molar-refractivity contribution >= 4 is 33.6 Å². The molecule has 100 valence electrons. The molecule has 0 radical (unpaired) electrons. The largest absolute Gasteiger partial charge is 0.465 e. The van der Waals surface area contributed by atoms with Crippen molar-refractivity contribution < 1.29 is 9.21 Å². The molecule has 0 bridgehead atoms. The SMILES string of the molecule is Cc1oc(CSc2cccc(Br)c2)cc1C(=O)NN. The molecular weight excluding hydrogens is 328 g/mol. The molecule has 19 heavy (non-hydrogen) atoms. The zero-order valence-corrected chi connectivity index (χ0v) is 12.7. The van der Waals surface area contributed by atoms with E-state index in [9.17, 15) is 4.79 Å². The smallest absolute Gasteiger partial charge is 0.268 e. The highest BCUT2D eigenvalue weighted by molar-refractivity contribution is 9.10. The molecule has 6 heteroatoms. The standard InChI is InChI=1S/C13H13BrN2O2S/c1-8-12(13(17)16-15)6-10(18-8)7-19-11-4-2-3-9(14)5-11/h2-6H,7,15H2,1H3,(H,16,17). The number of carbonyl (C=O) groups excluding carboxylic acids is 1. The van der Waals surface area contributed by atoms with E-state index in [-0.39, 0.29) is 5.91 Å². The Kier molecular flexibility index (Phi) is 4.68. The number of rotatable bonds is 4. The van der Waals surface area contributed by atoms with Crippen LogP contribution in [0, 0.1) is 6.92 Å². The molecule has 1 aromatic heterocycles. The Hall–Kier alpha value is -1.24. The number of thioether (sulfide) groups is 1. The zero-order chi connectivity index (χ0) is 13.8. The summed E-state index contributed by atoms with van der Waals surface area (Å²) in [6, 6.07) is 9.74. The normalized spacial score (nSPS) is 10.5. The summed E-state index contributed by atoms with van der Waals surface area (Å²) in [5, 5.41) is 0. The summed E-state index contributed by atoms with van der Waals surface area (Å²) in [5.41, 5.74) is 2.58. The first-order chi connectivity index (χ1) is 9.10. The van der Waals surface area contributed by atoms with Gasteiger partial charge in [-0.15, -0.1) is 11.8 Å². The van der Waals surface area contributed by atoms with Crippen molar-refractivity contribution in [1.29, 1.82) is 0 Å². The van der Waals surface area contributed by atoms with Crippen LogP contribution in [-0.4, -0.2) is 5.91 Å². The molecule has 0 aliphatic heterocycles. The van der Waals surface area contributed by atoms with Gasteiger partial charge >= 0.3 is 0 Å². The molecule has 0 spiro atoms. The molecule has 1 amide bonds. The number of nitrogens with two attached hydrogens (primary N) is 1. The molecule has 1 aromatic carbocycles. The summed E-state index contributed by atoms with van der Waals surface area (Å²) in [7, 11) is 0. The van der Waals surface area contributed by atoms with Gasteiger partial charge < -0.3 is 4.42 Å². The third-order valence-electron chi connectivity index (χ3n) is 2.52. The number of amides is 1. The van der Waals surface area contributed by atoms with E-state index in [1.165, 1.54) is 0 Å². The van der Waals surface area contributed by atoms with Crippen LogP contribution in [0.1, 0.15) is 21.9 Å². The Bertz CT molecular complexity index is 598. The highest BCUT2D eigenvalue weighted by atomic mass is 79.9. The van der Waals surface area contributed by atoms with Crippen LogP contribution in [0.4, 0.5) is 0 Å². The van der Waals surface area contributed by atoms with Gasteiger partial charge in [0.05, 0.1) is 11.3 Å². The fraction of sp³-hybridized carbons (Fsp3) is 0.154. The molecule has 0 unspecified atom stereocenters. The Morgan fingerprint density at radius 3 is 2.95 bits per heavy atom. The van der Waals surface area contributed by atoms with Crippen molar-refractivity contribution in [3.63, 3.8) is 0 Å². The van der Waals surface area contributed by atoms with Gasteiger partial charge in [-0.25, -0.2) is 5.84 Å². The molecular formula is C13H13BrN2O2S. The summed E-state index contributed by atoms with van der Waals surface area (Å²) in [4.78, 5) is 12.6. The number of benzene rings is 1. The maximum atomic E-state index is 11.5. The number of nitrogens with one attached hydrogen (secondary N) is 1. The van der Waals surface area contributed by atoms with Crippen LogP contribution < -0.4 is 11.3 Å². The minimum atomic E-state index is -0.333. The summed E-state index contributed by atoms with van der Waals surface area (Å²) >= 11 is 5.07. The first kappa shape index (κ1) is 14.2. The Morgan fingerprint density at radius 1 is 1.47 bits per heavy atom. The molecule has 0 atom stereocenters. The Morgan fingerprint density at radius 2 is 2.26 bits per heavy atom. The third kappa shape index (κ3) is 3.62. The van der Waals surface area contributed by atoms with Gasteiger partial charge in [-0.05, 0) is 31.2 Å². The van der Waals surface area contributed by atoms with Gasteiger partial charge in [-0.3, -0.25) is 10.2 Å². The number of furan rings is 1. The maximum Gasteiger partial charge on any atom is 0.268 e. The highest BCUT2D eigenvalue weighted by Crippen LogP contribution is 2.27. The van der Waals surface area contributed by atoms with E-state index in [0.29, 0.717) is 17.1 Å². The molecule has 0 saturated carbocycles. The minimum absolute atomic E-state index is 0.333. The van der Waals surface area contributed by atoms with E-state index in [4.69, 9.17) is 10.3 Å². The summed E-state index contributed by atoms with van der Waals surface area (Å²) in [5.74, 6) is 6.77. The van der Waals surface area contributed by atoms with Crippen molar-refractivity contribution in [3.05, 3.63) is 51.9 Å². The average molecular weight is 341 g/mol. The minimum Gasteiger partial charge on any atom is -0.465 e. The van der Waals surface area contributed by atoms with Crippen LogP contribution in [0.5, 0.6) is 0 Å². The van der Waals surface area contributed by atoms with Crippen molar-refractivity contribution in [2.45, 2.75) is 17.6 Å².